The van der Waals surface area contributed by atoms with Gasteiger partial charge in [0.05, 0.1) is 14.2 Å². The van der Waals surface area contributed by atoms with E-state index < -0.39 is 0 Å². The summed E-state index contributed by atoms with van der Waals surface area (Å²) in [6.45, 7) is 6.00. The van der Waals surface area contributed by atoms with Crippen LogP contribution in [0.25, 0.3) is 0 Å². The Morgan fingerprint density at radius 3 is 2.67 bits per heavy atom. The molecule has 1 aliphatic heterocycles. The van der Waals surface area contributed by atoms with Gasteiger partial charge in [0.15, 0.2) is 0 Å². The molecule has 1 aromatic carbocycles. The molecule has 5 heteroatoms. The normalized spacial score (nSPS) is 22.0. The van der Waals surface area contributed by atoms with Gasteiger partial charge in [-0.3, -0.25) is 4.90 Å². The van der Waals surface area contributed by atoms with Crippen molar-refractivity contribution in [3.05, 3.63) is 23.8 Å². The van der Waals surface area contributed by atoms with E-state index in [4.69, 9.17) is 15.2 Å². The van der Waals surface area contributed by atoms with Gasteiger partial charge in [0, 0.05) is 49.9 Å². The van der Waals surface area contributed by atoms with E-state index >= 15 is 0 Å². The Balaban J connectivity index is 2.24. The van der Waals surface area contributed by atoms with Crippen LogP contribution in [0, 0.1) is 0 Å². The van der Waals surface area contributed by atoms with Crippen molar-refractivity contribution in [3.8, 4) is 11.5 Å². The van der Waals surface area contributed by atoms with Crippen LogP contribution < -0.4 is 15.2 Å². The third kappa shape index (κ3) is 3.48. The van der Waals surface area contributed by atoms with E-state index in [-0.39, 0.29) is 6.04 Å². The van der Waals surface area contributed by atoms with Gasteiger partial charge in [-0.2, -0.15) is 0 Å². The maximum absolute atomic E-state index is 5.97. The van der Waals surface area contributed by atoms with Crippen LogP contribution in [0.5, 0.6) is 11.5 Å². The maximum Gasteiger partial charge on any atom is 0.127 e. The average Bonchev–Trinajstić information content (AvgIpc) is 2.53. The van der Waals surface area contributed by atoms with Crippen LogP contribution in [0.2, 0.25) is 0 Å². The third-order valence-corrected chi connectivity index (χ3v) is 4.39. The summed E-state index contributed by atoms with van der Waals surface area (Å²) in [5.41, 5.74) is 7.15. The first-order chi connectivity index (χ1) is 10.1. The molecule has 118 valence electrons. The Labute approximate surface area is 127 Å². The number of hydrogen-bond donors (Lipinski definition) is 1. The fourth-order valence-corrected chi connectivity index (χ4v) is 3.09. The van der Waals surface area contributed by atoms with E-state index in [1.54, 1.807) is 14.2 Å². The monoisotopic (exact) mass is 293 g/mol. The number of likely N-dealkylation sites (N-methyl/N-ethyl adjacent to an activating group) is 1. The van der Waals surface area contributed by atoms with Gasteiger partial charge in [0.1, 0.15) is 11.5 Å². The van der Waals surface area contributed by atoms with Crippen molar-refractivity contribution in [1.82, 2.24) is 9.80 Å². The van der Waals surface area contributed by atoms with Crippen LogP contribution in [0.3, 0.4) is 0 Å². The SMILES string of the molecule is COc1ccc(C(C)N2CCN(C)CC2CN)c(OC)c1. The minimum atomic E-state index is 0.271. The standard InChI is InChI=1S/C16H27N3O2/c1-12(19-8-7-18(2)11-13(19)10-17)15-6-5-14(20-3)9-16(15)21-4/h5-6,9,12-13H,7-8,10-11,17H2,1-4H3. The molecule has 0 saturated carbocycles. The van der Waals surface area contributed by atoms with Crippen LogP contribution in [0.1, 0.15) is 18.5 Å². The van der Waals surface area contributed by atoms with Gasteiger partial charge in [-0.15, -0.1) is 0 Å². The minimum Gasteiger partial charge on any atom is -0.497 e. The van der Waals surface area contributed by atoms with E-state index in [1.807, 2.05) is 12.1 Å². The number of methoxy groups -OCH3 is 2. The molecule has 1 aliphatic rings. The third-order valence-electron chi connectivity index (χ3n) is 4.39. The summed E-state index contributed by atoms with van der Waals surface area (Å²) < 4.78 is 10.8. The summed E-state index contributed by atoms with van der Waals surface area (Å²) in [5, 5.41) is 0. The molecule has 2 rings (SSSR count). The lowest BCUT2D eigenvalue weighted by Gasteiger charge is -2.43. The quantitative estimate of drug-likeness (QED) is 0.888. The second kappa shape index (κ2) is 7.11. The highest BCUT2D eigenvalue weighted by Gasteiger charge is 2.29. The van der Waals surface area contributed by atoms with Gasteiger partial charge >= 0.3 is 0 Å². The average molecular weight is 293 g/mol. The zero-order valence-corrected chi connectivity index (χ0v) is 13.5. The Morgan fingerprint density at radius 1 is 1.29 bits per heavy atom. The molecule has 0 bridgehead atoms. The molecule has 5 nitrogen and oxygen atoms in total. The number of ether oxygens (including phenoxy) is 2. The lowest BCUT2D eigenvalue weighted by atomic mass is 10.0. The maximum atomic E-state index is 5.97. The second-order valence-corrected chi connectivity index (χ2v) is 5.67. The lowest BCUT2D eigenvalue weighted by Crippen LogP contribution is -2.55. The number of hydrogen-bond acceptors (Lipinski definition) is 5. The highest BCUT2D eigenvalue weighted by atomic mass is 16.5. The first kappa shape index (κ1) is 16.1. The number of nitrogens with two attached hydrogens (primary N) is 1. The van der Waals surface area contributed by atoms with Crippen LogP contribution >= 0.6 is 0 Å². The zero-order chi connectivity index (χ0) is 15.4. The van der Waals surface area contributed by atoms with Gasteiger partial charge < -0.3 is 20.1 Å². The highest BCUT2D eigenvalue weighted by Crippen LogP contribution is 2.33. The first-order valence-corrected chi connectivity index (χ1v) is 7.47. The molecule has 2 N–H and O–H groups in total. The molecule has 1 saturated heterocycles. The molecular formula is C16H27N3O2. The molecular weight excluding hydrogens is 266 g/mol. The summed E-state index contributed by atoms with van der Waals surface area (Å²) in [6, 6.07) is 6.67. The summed E-state index contributed by atoms with van der Waals surface area (Å²) in [5.74, 6) is 1.69. The van der Waals surface area contributed by atoms with Crippen molar-refractivity contribution in [2.24, 2.45) is 5.73 Å². The van der Waals surface area contributed by atoms with E-state index in [1.165, 1.54) is 5.56 Å². The van der Waals surface area contributed by atoms with Crippen molar-refractivity contribution in [2.75, 3.05) is 47.4 Å². The fourth-order valence-electron chi connectivity index (χ4n) is 3.09. The molecule has 0 aliphatic carbocycles. The molecule has 0 aromatic heterocycles. The number of rotatable bonds is 5. The largest absolute Gasteiger partial charge is 0.497 e. The number of benzene rings is 1. The smallest absolute Gasteiger partial charge is 0.127 e. The minimum absolute atomic E-state index is 0.271. The predicted octanol–water partition coefficient (Wildman–Crippen LogP) is 1.34. The van der Waals surface area contributed by atoms with Crippen molar-refractivity contribution in [2.45, 2.75) is 19.0 Å². The Bertz CT molecular complexity index is 467. The lowest BCUT2D eigenvalue weighted by molar-refractivity contribution is 0.0612. The highest BCUT2D eigenvalue weighted by molar-refractivity contribution is 5.42. The van der Waals surface area contributed by atoms with Crippen molar-refractivity contribution < 1.29 is 9.47 Å². The van der Waals surface area contributed by atoms with E-state index in [0.717, 1.165) is 31.1 Å². The zero-order valence-electron chi connectivity index (χ0n) is 13.5. The summed E-state index contributed by atoms with van der Waals surface area (Å²) in [7, 11) is 5.52. The van der Waals surface area contributed by atoms with Gasteiger partial charge in [-0.05, 0) is 20.0 Å². The van der Waals surface area contributed by atoms with Gasteiger partial charge in [0.25, 0.3) is 0 Å². The Kier molecular flexibility index (Phi) is 5.45. The molecule has 0 amide bonds. The van der Waals surface area contributed by atoms with Crippen LogP contribution in [0.15, 0.2) is 18.2 Å². The molecule has 21 heavy (non-hydrogen) atoms. The molecule has 1 fully saturated rings. The summed E-state index contributed by atoms with van der Waals surface area (Å²) >= 11 is 0. The van der Waals surface area contributed by atoms with Crippen molar-refractivity contribution in [3.63, 3.8) is 0 Å². The topological polar surface area (TPSA) is 51.0 Å². The van der Waals surface area contributed by atoms with Gasteiger partial charge in [-0.25, -0.2) is 0 Å². The van der Waals surface area contributed by atoms with Crippen LogP contribution in [-0.2, 0) is 0 Å². The Morgan fingerprint density at radius 2 is 2.05 bits per heavy atom. The van der Waals surface area contributed by atoms with Crippen molar-refractivity contribution in [1.29, 1.82) is 0 Å². The summed E-state index contributed by atoms with van der Waals surface area (Å²) in [4.78, 5) is 4.82. The Hall–Kier alpha value is -1.30. The van der Waals surface area contributed by atoms with Gasteiger partial charge in [0.2, 0.25) is 0 Å². The molecule has 1 heterocycles. The van der Waals surface area contributed by atoms with E-state index in [2.05, 4.69) is 29.8 Å². The number of piperazine rings is 1. The molecule has 0 spiro atoms. The van der Waals surface area contributed by atoms with Crippen molar-refractivity contribution >= 4 is 0 Å². The molecule has 2 unspecified atom stereocenters. The first-order valence-electron chi connectivity index (χ1n) is 7.47. The molecule has 0 radical (unpaired) electrons. The molecule has 2 atom stereocenters. The summed E-state index contributed by atoms with van der Waals surface area (Å²) in [6.07, 6.45) is 0. The molecule has 1 aromatic rings. The van der Waals surface area contributed by atoms with Crippen LogP contribution in [-0.4, -0.2) is 63.3 Å². The number of nitrogens with zero attached hydrogens (tertiary/aromatic N) is 2. The van der Waals surface area contributed by atoms with E-state index in [9.17, 15) is 0 Å². The fraction of sp³-hybridized carbons (Fsp3) is 0.625. The second-order valence-electron chi connectivity index (χ2n) is 5.67. The van der Waals surface area contributed by atoms with Gasteiger partial charge in [-0.1, -0.05) is 6.07 Å². The van der Waals surface area contributed by atoms with E-state index in [0.29, 0.717) is 12.6 Å². The van der Waals surface area contributed by atoms with Crippen LogP contribution in [0.4, 0.5) is 0 Å². The predicted molar refractivity (Wildman–Crippen MR) is 85.0 cm³/mol.